The molecular weight excluding hydrogens is 267 g/mol. The zero-order chi connectivity index (χ0) is 14.7. The molecule has 7 nitrogen and oxygen atoms in total. The van der Waals surface area contributed by atoms with E-state index in [1.165, 1.54) is 4.90 Å². The highest BCUT2D eigenvalue weighted by Crippen LogP contribution is 2.19. The van der Waals surface area contributed by atoms with Crippen molar-refractivity contribution in [2.24, 2.45) is 0 Å². The fraction of sp³-hybridized carbons (Fsp3) is 0.333. The fourth-order valence-electron chi connectivity index (χ4n) is 2.01. The molecule has 0 saturated carbocycles. The fourth-order valence-corrected chi connectivity index (χ4v) is 2.01. The second-order valence-corrected chi connectivity index (χ2v) is 4.27. The molecule has 0 aliphatic carbocycles. The third-order valence-corrected chi connectivity index (χ3v) is 3.04. The van der Waals surface area contributed by atoms with E-state index in [0.717, 1.165) is 18.2 Å². The molecule has 1 aromatic rings. The lowest BCUT2D eigenvalue weighted by molar-refractivity contribution is -0.384. The van der Waals surface area contributed by atoms with Crippen molar-refractivity contribution in [1.82, 2.24) is 10.2 Å². The number of benzene rings is 1. The Balaban J connectivity index is 2.35. The number of nitro benzene ring substituents is 1. The normalized spacial score (nSPS) is 18.4. The van der Waals surface area contributed by atoms with Gasteiger partial charge in [0.25, 0.3) is 11.6 Å². The topological polar surface area (TPSA) is 99.3 Å². The molecule has 1 fully saturated rings. The molecule has 0 aromatic heterocycles. The molecule has 0 radical (unpaired) electrons. The first-order valence-corrected chi connectivity index (χ1v) is 5.90. The van der Waals surface area contributed by atoms with Gasteiger partial charge in [0, 0.05) is 31.8 Å². The van der Waals surface area contributed by atoms with E-state index in [0.29, 0.717) is 13.1 Å². The van der Waals surface area contributed by atoms with Gasteiger partial charge < -0.3 is 10.2 Å². The van der Waals surface area contributed by atoms with Gasteiger partial charge in [-0.15, -0.1) is 0 Å². The number of carbonyl (C=O) groups is 1. The van der Waals surface area contributed by atoms with Crippen LogP contribution in [0.2, 0.25) is 0 Å². The van der Waals surface area contributed by atoms with Crippen molar-refractivity contribution in [3.63, 3.8) is 0 Å². The zero-order valence-electron chi connectivity index (χ0n) is 10.4. The lowest BCUT2D eigenvalue weighted by Gasteiger charge is -2.32. The first kappa shape index (κ1) is 13.9. The molecule has 1 amide bonds. The summed E-state index contributed by atoms with van der Waals surface area (Å²) in [5, 5.41) is 22.6. The highest BCUT2D eigenvalue weighted by atomic mass is 19.1. The monoisotopic (exact) mass is 278 g/mol. The molecule has 0 spiro atoms. The highest BCUT2D eigenvalue weighted by molar-refractivity contribution is 5.95. The van der Waals surface area contributed by atoms with Crippen LogP contribution < -0.4 is 5.32 Å². The maximum absolute atomic E-state index is 13.7. The van der Waals surface area contributed by atoms with E-state index in [9.17, 15) is 19.3 Å². The first-order chi connectivity index (χ1) is 9.54. The van der Waals surface area contributed by atoms with Crippen LogP contribution in [0.1, 0.15) is 10.4 Å². The number of rotatable bonds is 2. The van der Waals surface area contributed by atoms with E-state index in [1.807, 2.05) is 6.07 Å². The van der Waals surface area contributed by atoms with Crippen molar-refractivity contribution in [3.8, 4) is 6.07 Å². The van der Waals surface area contributed by atoms with Gasteiger partial charge in [-0.1, -0.05) is 0 Å². The summed E-state index contributed by atoms with van der Waals surface area (Å²) in [5.74, 6) is -1.55. The number of nitrogens with zero attached hydrogens (tertiary/aromatic N) is 3. The second kappa shape index (κ2) is 5.63. The summed E-state index contributed by atoms with van der Waals surface area (Å²) in [4.78, 5) is 23.5. The second-order valence-electron chi connectivity index (χ2n) is 4.27. The number of nitriles is 1. The maximum atomic E-state index is 13.7. The molecule has 1 heterocycles. The van der Waals surface area contributed by atoms with Crippen molar-refractivity contribution in [3.05, 3.63) is 39.7 Å². The van der Waals surface area contributed by atoms with E-state index in [1.54, 1.807) is 0 Å². The molecule has 104 valence electrons. The summed E-state index contributed by atoms with van der Waals surface area (Å²) in [7, 11) is 0. The van der Waals surface area contributed by atoms with Crippen molar-refractivity contribution < 1.29 is 14.1 Å². The molecule has 1 aliphatic rings. The highest BCUT2D eigenvalue weighted by Gasteiger charge is 2.29. The van der Waals surface area contributed by atoms with Crippen LogP contribution in [-0.4, -0.2) is 41.4 Å². The lowest BCUT2D eigenvalue weighted by atomic mass is 10.1. The van der Waals surface area contributed by atoms with E-state index in [-0.39, 0.29) is 17.8 Å². The van der Waals surface area contributed by atoms with Crippen molar-refractivity contribution >= 4 is 11.6 Å². The van der Waals surface area contributed by atoms with Crippen LogP contribution >= 0.6 is 0 Å². The summed E-state index contributed by atoms with van der Waals surface area (Å²) in [5.41, 5.74) is -0.750. The van der Waals surface area contributed by atoms with Gasteiger partial charge in [0.1, 0.15) is 11.9 Å². The smallest absolute Gasteiger partial charge is 0.270 e. The standard InChI is InChI=1S/C12H11FN4O3/c13-11-2-1-8(17(19)20)5-10(11)12(18)16-4-3-15-7-9(16)6-14/h1-2,5,9,15H,3-4,7H2. The minimum Gasteiger partial charge on any atom is -0.320 e. The third kappa shape index (κ3) is 2.57. The van der Waals surface area contributed by atoms with Gasteiger partial charge in [-0.25, -0.2) is 4.39 Å². The Labute approximate surface area is 113 Å². The number of nitro groups is 1. The number of halogens is 1. The zero-order valence-corrected chi connectivity index (χ0v) is 10.4. The Morgan fingerprint density at radius 1 is 1.60 bits per heavy atom. The number of hydrogen-bond acceptors (Lipinski definition) is 5. The quantitative estimate of drug-likeness (QED) is 0.633. The Morgan fingerprint density at radius 3 is 3.00 bits per heavy atom. The van der Waals surface area contributed by atoms with E-state index < -0.39 is 22.7 Å². The van der Waals surface area contributed by atoms with Gasteiger partial charge in [0.2, 0.25) is 0 Å². The van der Waals surface area contributed by atoms with E-state index >= 15 is 0 Å². The number of piperazine rings is 1. The molecule has 1 aliphatic heterocycles. The number of hydrogen-bond donors (Lipinski definition) is 1. The average molecular weight is 278 g/mol. The summed E-state index contributed by atoms with van der Waals surface area (Å²) < 4.78 is 13.7. The summed E-state index contributed by atoms with van der Waals surface area (Å²) in [6.07, 6.45) is 0. The minimum atomic E-state index is -0.837. The third-order valence-electron chi connectivity index (χ3n) is 3.04. The molecule has 1 aromatic carbocycles. The van der Waals surface area contributed by atoms with E-state index in [4.69, 9.17) is 5.26 Å². The Hall–Kier alpha value is -2.53. The summed E-state index contributed by atoms with van der Waals surface area (Å²) in [6.45, 7) is 1.03. The lowest BCUT2D eigenvalue weighted by Crippen LogP contribution is -2.53. The maximum Gasteiger partial charge on any atom is 0.270 e. The Morgan fingerprint density at radius 2 is 2.35 bits per heavy atom. The first-order valence-electron chi connectivity index (χ1n) is 5.90. The summed E-state index contributed by atoms with van der Waals surface area (Å²) in [6, 6.07) is 4.01. The molecule has 1 unspecified atom stereocenters. The molecule has 2 rings (SSSR count). The summed E-state index contributed by atoms with van der Waals surface area (Å²) >= 11 is 0. The average Bonchev–Trinajstić information content (AvgIpc) is 2.46. The van der Waals surface area contributed by atoms with Gasteiger partial charge in [-0.05, 0) is 6.07 Å². The molecule has 0 bridgehead atoms. The van der Waals surface area contributed by atoms with Crippen LogP contribution in [0.15, 0.2) is 18.2 Å². The van der Waals surface area contributed by atoms with Gasteiger partial charge >= 0.3 is 0 Å². The molecule has 1 saturated heterocycles. The van der Waals surface area contributed by atoms with Crippen LogP contribution in [-0.2, 0) is 0 Å². The van der Waals surface area contributed by atoms with Crippen molar-refractivity contribution in [2.45, 2.75) is 6.04 Å². The van der Waals surface area contributed by atoms with Gasteiger partial charge in [-0.3, -0.25) is 14.9 Å². The SMILES string of the molecule is N#CC1CNCCN1C(=O)c1cc([N+](=O)[O-])ccc1F. The van der Waals surface area contributed by atoms with Crippen molar-refractivity contribution in [2.75, 3.05) is 19.6 Å². The van der Waals surface area contributed by atoms with Gasteiger partial charge in [0.15, 0.2) is 0 Å². The minimum absolute atomic E-state index is 0.249. The Kier molecular flexibility index (Phi) is 3.91. The van der Waals surface area contributed by atoms with Gasteiger partial charge in [0.05, 0.1) is 16.6 Å². The van der Waals surface area contributed by atoms with Crippen LogP contribution in [0.3, 0.4) is 0 Å². The van der Waals surface area contributed by atoms with E-state index in [2.05, 4.69) is 5.32 Å². The van der Waals surface area contributed by atoms with Gasteiger partial charge in [-0.2, -0.15) is 5.26 Å². The Bertz CT molecular complexity index is 599. The number of amides is 1. The van der Waals surface area contributed by atoms with Crippen molar-refractivity contribution in [1.29, 1.82) is 5.26 Å². The largest absolute Gasteiger partial charge is 0.320 e. The molecule has 1 N–H and O–H groups in total. The molecule has 1 atom stereocenters. The number of non-ortho nitro benzene ring substituents is 1. The van der Waals surface area contributed by atoms with Crippen LogP contribution in [0, 0.1) is 27.3 Å². The van der Waals surface area contributed by atoms with Crippen LogP contribution in [0.5, 0.6) is 0 Å². The molecular formula is C12H11FN4O3. The number of carbonyl (C=O) groups excluding carboxylic acids is 1. The molecule has 20 heavy (non-hydrogen) atoms. The van der Waals surface area contributed by atoms with Crippen LogP contribution in [0.25, 0.3) is 0 Å². The predicted molar refractivity (Wildman–Crippen MR) is 66.4 cm³/mol. The van der Waals surface area contributed by atoms with Crippen LogP contribution in [0.4, 0.5) is 10.1 Å². The predicted octanol–water partition coefficient (Wildman–Crippen LogP) is 0.671. The molecule has 8 heteroatoms. The number of nitrogens with one attached hydrogen (secondary N) is 1.